The molecule has 20 heavy (non-hydrogen) atoms. The molecule has 0 radical (unpaired) electrons. The number of hydrogen-bond acceptors (Lipinski definition) is 4. The van der Waals surface area contributed by atoms with Gasteiger partial charge in [0, 0.05) is 19.3 Å². The van der Waals surface area contributed by atoms with Gasteiger partial charge < -0.3 is 15.0 Å². The molecule has 2 rings (SSSR count). The maximum atomic E-state index is 5.84. The van der Waals surface area contributed by atoms with Gasteiger partial charge in [-0.05, 0) is 57.3 Å². The number of pyridine rings is 1. The van der Waals surface area contributed by atoms with E-state index in [-0.39, 0.29) is 0 Å². The molecule has 4 heteroatoms. The van der Waals surface area contributed by atoms with Crippen molar-refractivity contribution in [2.24, 2.45) is 5.92 Å². The molecule has 0 spiro atoms. The summed E-state index contributed by atoms with van der Waals surface area (Å²) in [6.07, 6.45) is 5.47. The Morgan fingerprint density at radius 2 is 2.35 bits per heavy atom. The number of hydrogen-bond donors (Lipinski definition) is 1. The molecule has 112 valence electrons. The van der Waals surface area contributed by atoms with Crippen LogP contribution >= 0.6 is 0 Å². The van der Waals surface area contributed by atoms with Crippen molar-refractivity contribution < 1.29 is 4.74 Å². The van der Waals surface area contributed by atoms with E-state index in [1.165, 1.54) is 12.8 Å². The van der Waals surface area contributed by atoms with Crippen molar-refractivity contribution >= 4 is 5.82 Å². The molecule has 0 bridgehead atoms. The molecule has 1 atom stereocenters. The number of rotatable bonds is 7. The molecular formula is C16H27N3O. The number of ether oxygens (including phenoxy) is 1. The minimum absolute atomic E-state index is 0.713. The summed E-state index contributed by atoms with van der Waals surface area (Å²) < 4.78 is 5.84. The Morgan fingerprint density at radius 1 is 1.45 bits per heavy atom. The van der Waals surface area contributed by atoms with Crippen LogP contribution in [0.2, 0.25) is 0 Å². The van der Waals surface area contributed by atoms with Gasteiger partial charge in [0.05, 0.1) is 6.61 Å². The van der Waals surface area contributed by atoms with Crippen LogP contribution in [0.1, 0.15) is 33.1 Å². The lowest BCUT2D eigenvalue weighted by Gasteiger charge is -2.31. The van der Waals surface area contributed by atoms with E-state index in [4.69, 9.17) is 4.74 Å². The first kappa shape index (κ1) is 15.1. The Morgan fingerprint density at radius 3 is 3.05 bits per heavy atom. The Balaban J connectivity index is 2.05. The zero-order valence-electron chi connectivity index (χ0n) is 12.8. The molecule has 1 aliphatic rings. The lowest BCUT2D eigenvalue weighted by molar-refractivity contribution is 0.315. The smallest absolute Gasteiger partial charge is 0.171 e. The van der Waals surface area contributed by atoms with Crippen LogP contribution < -0.4 is 15.0 Å². The van der Waals surface area contributed by atoms with Gasteiger partial charge in [-0.2, -0.15) is 0 Å². The standard InChI is InChI=1S/C16H27N3O/c1-3-11-20-15-8-6-10-18-16(15)19(4-2)13-14-7-5-9-17-12-14/h6,8,10,14,17H,3-5,7,9,11-13H2,1-2H3. The van der Waals surface area contributed by atoms with Gasteiger partial charge in [-0.25, -0.2) is 4.98 Å². The highest BCUT2D eigenvalue weighted by atomic mass is 16.5. The molecule has 1 N–H and O–H groups in total. The highest BCUT2D eigenvalue weighted by Crippen LogP contribution is 2.26. The molecule has 1 saturated heterocycles. The first-order chi connectivity index (χ1) is 9.85. The van der Waals surface area contributed by atoms with Crippen molar-refractivity contribution in [1.82, 2.24) is 10.3 Å². The molecule has 1 aliphatic heterocycles. The van der Waals surface area contributed by atoms with Gasteiger partial charge in [0.15, 0.2) is 11.6 Å². The lowest BCUT2D eigenvalue weighted by Crippen LogP contribution is -2.38. The van der Waals surface area contributed by atoms with Crippen molar-refractivity contribution in [3.05, 3.63) is 18.3 Å². The number of anilines is 1. The van der Waals surface area contributed by atoms with E-state index >= 15 is 0 Å². The fourth-order valence-corrected chi connectivity index (χ4v) is 2.70. The second kappa shape index (κ2) is 8.10. The Hall–Kier alpha value is -1.29. The van der Waals surface area contributed by atoms with E-state index in [1.54, 1.807) is 0 Å². The molecule has 4 nitrogen and oxygen atoms in total. The van der Waals surface area contributed by atoms with Gasteiger partial charge in [0.2, 0.25) is 0 Å². The molecule has 1 fully saturated rings. The Labute approximate surface area is 122 Å². The Kier molecular flexibility index (Phi) is 6.12. The first-order valence-electron chi connectivity index (χ1n) is 7.88. The average Bonchev–Trinajstić information content (AvgIpc) is 2.52. The molecule has 1 unspecified atom stereocenters. The molecule has 1 aromatic heterocycles. The summed E-state index contributed by atoms with van der Waals surface area (Å²) in [6, 6.07) is 3.98. The van der Waals surface area contributed by atoms with Crippen LogP contribution in [0.5, 0.6) is 5.75 Å². The second-order valence-electron chi connectivity index (χ2n) is 5.42. The van der Waals surface area contributed by atoms with E-state index in [9.17, 15) is 0 Å². The monoisotopic (exact) mass is 277 g/mol. The van der Waals surface area contributed by atoms with E-state index in [2.05, 4.69) is 29.0 Å². The normalized spacial score (nSPS) is 18.8. The Bertz CT molecular complexity index is 391. The largest absolute Gasteiger partial charge is 0.490 e. The number of nitrogens with zero attached hydrogens (tertiary/aromatic N) is 2. The number of piperidine rings is 1. The van der Waals surface area contributed by atoms with Gasteiger partial charge >= 0.3 is 0 Å². The van der Waals surface area contributed by atoms with Crippen molar-refractivity contribution in [1.29, 1.82) is 0 Å². The SMILES string of the molecule is CCCOc1cccnc1N(CC)CC1CCCNC1. The molecule has 2 heterocycles. The number of nitrogens with one attached hydrogen (secondary N) is 1. The molecule has 0 aromatic carbocycles. The zero-order chi connectivity index (χ0) is 14.2. The minimum Gasteiger partial charge on any atom is -0.490 e. The highest BCUT2D eigenvalue weighted by Gasteiger charge is 2.19. The van der Waals surface area contributed by atoms with Crippen LogP contribution in [0.3, 0.4) is 0 Å². The minimum atomic E-state index is 0.713. The predicted molar refractivity (Wildman–Crippen MR) is 83.5 cm³/mol. The van der Waals surface area contributed by atoms with Crippen molar-refractivity contribution in [3.63, 3.8) is 0 Å². The summed E-state index contributed by atoms with van der Waals surface area (Å²) in [7, 11) is 0. The van der Waals surface area contributed by atoms with E-state index in [0.29, 0.717) is 5.92 Å². The third-order valence-electron chi connectivity index (χ3n) is 3.77. The van der Waals surface area contributed by atoms with Gasteiger partial charge in [-0.1, -0.05) is 6.92 Å². The van der Waals surface area contributed by atoms with Crippen molar-refractivity contribution in [2.75, 3.05) is 37.7 Å². The summed E-state index contributed by atoms with van der Waals surface area (Å²) in [5.41, 5.74) is 0. The summed E-state index contributed by atoms with van der Waals surface area (Å²) >= 11 is 0. The van der Waals surface area contributed by atoms with E-state index in [1.807, 2.05) is 18.3 Å². The summed E-state index contributed by atoms with van der Waals surface area (Å²) in [5, 5.41) is 3.49. The predicted octanol–water partition coefficient (Wildman–Crippen LogP) is 2.70. The van der Waals surface area contributed by atoms with Crippen LogP contribution in [-0.2, 0) is 0 Å². The van der Waals surface area contributed by atoms with Crippen LogP contribution in [0.25, 0.3) is 0 Å². The number of aromatic nitrogens is 1. The van der Waals surface area contributed by atoms with Crippen molar-refractivity contribution in [3.8, 4) is 5.75 Å². The van der Waals surface area contributed by atoms with Crippen LogP contribution in [0.15, 0.2) is 18.3 Å². The maximum absolute atomic E-state index is 5.84. The van der Waals surface area contributed by atoms with E-state index < -0.39 is 0 Å². The lowest BCUT2D eigenvalue weighted by atomic mass is 9.99. The van der Waals surface area contributed by atoms with Gasteiger partial charge in [0.25, 0.3) is 0 Å². The topological polar surface area (TPSA) is 37.4 Å². The van der Waals surface area contributed by atoms with Gasteiger partial charge in [0.1, 0.15) is 0 Å². The first-order valence-corrected chi connectivity index (χ1v) is 7.88. The summed E-state index contributed by atoms with van der Waals surface area (Å²) in [6.45, 7) is 9.38. The average molecular weight is 277 g/mol. The van der Waals surface area contributed by atoms with Gasteiger partial charge in [-0.15, -0.1) is 0 Å². The second-order valence-corrected chi connectivity index (χ2v) is 5.42. The molecule has 0 amide bonds. The fraction of sp³-hybridized carbons (Fsp3) is 0.688. The van der Waals surface area contributed by atoms with Crippen LogP contribution in [0.4, 0.5) is 5.82 Å². The maximum Gasteiger partial charge on any atom is 0.171 e. The molecule has 0 aliphatic carbocycles. The van der Waals surface area contributed by atoms with E-state index in [0.717, 1.165) is 50.8 Å². The molecule has 1 aromatic rings. The highest BCUT2D eigenvalue weighted by molar-refractivity contribution is 5.52. The van der Waals surface area contributed by atoms with Crippen LogP contribution in [0, 0.1) is 5.92 Å². The zero-order valence-corrected chi connectivity index (χ0v) is 12.8. The quantitative estimate of drug-likeness (QED) is 0.831. The van der Waals surface area contributed by atoms with Crippen LogP contribution in [-0.4, -0.2) is 37.8 Å². The third kappa shape index (κ3) is 4.10. The third-order valence-corrected chi connectivity index (χ3v) is 3.77. The molecule has 0 saturated carbocycles. The molecular weight excluding hydrogens is 250 g/mol. The van der Waals surface area contributed by atoms with Crippen molar-refractivity contribution in [2.45, 2.75) is 33.1 Å². The van der Waals surface area contributed by atoms with Gasteiger partial charge in [-0.3, -0.25) is 0 Å². The fourth-order valence-electron chi connectivity index (χ4n) is 2.70. The summed E-state index contributed by atoms with van der Waals surface area (Å²) in [5.74, 6) is 2.62. The summed E-state index contributed by atoms with van der Waals surface area (Å²) in [4.78, 5) is 6.90.